The van der Waals surface area contributed by atoms with Crippen LogP contribution in [0, 0.1) is 11.3 Å². The summed E-state index contributed by atoms with van der Waals surface area (Å²) in [6.07, 6.45) is -0.0712. The summed E-state index contributed by atoms with van der Waals surface area (Å²) in [7, 11) is -3.87. The minimum absolute atomic E-state index is 0.0712. The molecule has 0 radical (unpaired) electrons. The van der Waals surface area contributed by atoms with E-state index in [0.717, 1.165) is 0 Å². The molecule has 0 N–H and O–H groups in total. The molecule has 0 saturated carbocycles. The van der Waals surface area contributed by atoms with E-state index in [1.807, 2.05) is 0 Å². The zero-order valence-electron chi connectivity index (χ0n) is 6.85. The molecule has 2 unspecified atom stereocenters. The molecule has 0 spiro atoms. The molecule has 14 heavy (non-hydrogen) atoms. The Morgan fingerprint density at radius 3 is 2.43 bits per heavy atom. The quantitative estimate of drug-likeness (QED) is 0.664. The number of rotatable bonds is 2. The Labute approximate surface area is 91.2 Å². The molecule has 8 heteroatoms. The average molecular weight is 257 g/mol. The summed E-state index contributed by atoms with van der Waals surface area (Å²) in [4.78, 5) is 11.3. The summed E-state index contributed by atoms with van der Waals surface area (Å²) in [6, 6.07) is 1.74. The minimum Gasteiger partial charge on any atom is -0.272 e. The molecule has 0 aromatic rings. The number of alkyl halides is 2. The third-order valence-corrected chi connectivity index (χ3v) is 5.19. The number of halogens is 2. The lowest BCUT2D eigenvalue weighted by molar-refractivity contribution is -0.124. The lowest BCUT2D eigenvalue weighted by atomic mass is 10.4. The van der Waals surface area contributed by atoms with Crippen molar-refractivity contribution in [3.05, 3.63) is 0 Å². The van der Waals surface area contributed by atoms with Gasteiger partial charge >= 0.3 is 0 Å². The van der Waals surface area contributed by atoms with Crippen molar-refractivity contribution in [2.24, 2.45) is 0 Å². The van der Waals surface area contributed by atoms with Crippen LogP contribution >= 0.6 is 23.2 Å². The van der Waals surface area contributed by atoms with E-state index in [-0.39, 0.29) is 13.0 Å². The second-order valence-electron chi connectivity index (χ2n) is 2.62. The highest BCUT2D eigenvalue weighted by atomic mass is 35.5. The maximum absolute atomic E-state index is 11.4. The number of amides is 1. The summed E-state index contributed by atoms with van der Waals surface area (Å²) in [5.41, 5.74) is 0. The monoisotopic (exact) mass is 256 g/mol. The third kappa shape index (κ3) is 1.67. The van der Waals surface area contributed by atoms with E-state index in [2.05, 4.69) is 0 Å². The Bertz CT molecular complexity index is 388. The van der Waals surface area contributed by atoms with Gasteiger partial charge in [-0.3, -0.25) is 4.79 Å². The van der Waals surface area contributed by atoms with Crippen molar-refractivity contribution in [3.63, 3.8) is 0 Å². The van der Waals surface area contributed by atoms with Crippen molar-refractivity contribution in [1.82, 2.24) is 4.31 Å². The van der Waals surface area contributed by atoms with Gasteiger partial charge in [0.15, 0.2) is 4.71 Å². The maximum Gasteiger partial charge on any atom is 0.256 e. The third-order valence-electron chi connectivity index (χ3n) is 1.73. The number of nitriles is 1. The van der Waals surface area contributed by atoms with Crippen LogP contribution in [-0.4, -0.2) is 35.3 Å². The van der Waals surface area contributed by atoms with Gasteiger partial charge in [-0.1, -0.05) is 0 Å². The fraction of sp³-hybridized carbons (Fsp3) is 0.667. The van der Waals surface area contributed by atoms with Crippen LogP contribution in [0.5, 0.6) is 0 Å². The largest absolute Gasteiger partial charge is 0.272 e. The zero-order chi connectivity index (χ0) is 10.9. The van der Waals surface area contributed by atoms with Crippen molar-refractivity contribution in [2.75, 3.05) is 6.54 Å². The van der Waals surface area contributed by atoms with E-state index in [4.69, 9.17) is 28.5 Å². The van der Waals surface area contributed by atoms with Crippen molar-refractivity contribution >= 4 is 39.1 Å². The molecule has 0 bridgehead atoms. The molecule has 0 aromatic carbocycles. The number of nitrogens with zero attached hydrogens (tertiary/aromatic N) is 2. The van der Waals surface area contributed by atoms with Gasteiger partial charge in [-0.2, -0.15) is 5.26 Å². The van der Waals surface area contributed by atoms with Gasteiger partial charge in [0.1, 0.15) is 5.38 Å². The van der Waals surface area contributed by atoms with E-state index in [1.54, 1.807) is 6.07 Å². The first-order chi connectivity index (χ1) is 6.42. The predicted molar refractivity (Wildman–Crippen MR) is 50.1 cm³/mol. The number of hydrogen-bond acceptors (Lipinski definition) is 4. The van der Waals surface area contributed by atoms with Crippen LogP contribution < -0.4 is 0 Å². The predicted octanol–water partition coefficient (Wildman–Crippen LogP) is 0.244. The first-order valence-electron chi connectivity index (χ1n) is 3.63. The second-order valence-corrected chi connectivity index (χ2v) is 5.79. The highest BCUT2D eigenvalue weighted by molar-refractivity contribution is 7.92. The molecular weight excluding hydrogens is 251 g/mol. The Morgan fingerprint density at radius 2 is 2.07 bits per heavy atom. The van der Waals surface area contributed by atoms with Gasteiger partial charge in [0.05, 0.1) is 12.5 Å². The molecule has 1 amide bonds. The van der Waals surface area contributed by atoms with Crippen LogP contribution in [-0.2, 0) is 14.8 Å². The molecular formula is C6H6Cl2N2O3S. The van der Waals surface area contributed by atoms with Crippen LogP contribution in [0.25, 0.3) is 0 Å². The summed E-state index contributed by atoms with van der Waals surface area (Å²) in [5.74, 6) is -0.762. The Kier molecular flexibility index (Phi) is 3.24. The summed E-state index contributed by atoms with van der Waals surface area (Å²) >= 11 is 10.9. The molecule has 0 aromatic heterocycles. The maximum atomic E-state index is 11.4. The van der Waals surface area contributed by atoms with Gasteiger partial charge in [-0.15, -0.1) is 23.2 Å². The van der Waals surface area contributed by atoms with Crippen LogP contribution in [0.1, 0.15) is 6.42 Å². The molecule has 78 valence electrons. The van der Waals surface area contributed by atoms with Crippen molar-refractivity contribution in [3.8, 4) is 6.07 Å². The normalized spacial score (nSPS) is 30.4. The van der Waals surface area contributed by atoms with Gasteiger partial charge < -0.3 is 0 Å². The Hall–Kier alpha value is -0.510. The number of sulfonamides is 1. The standard InChI is InChI=1S/C6H6Cl2N2O3S/c7-4-5(8)14(12,13)10(6(4)11)3-1-2-9/h4-5H,1,3H2. The van der Waals surface area contributed by atoms with E-state index in [1.165, 1.54) is 0 Å². The summed E-state index contributed by atoms with van der Waals surface area (Å²) < 4.78 is 21.9. The molecule has 1 aliphatic heterocycles. The van der Waals surface area contributed by atoms with Gasteiger partial charge in [0.2, 0.25) is 0 Å². The minimum atomic E-state index is -3.87. The van der Waals surface area contributed by atoms with E-state index >= 15 is 0 Å². The lowest BCUT2D eigenvalue weighted by Crippen LogP contribution is -2.32. The SMILES string of the molecule is N#CCCN1C(=O)C(Cl)C(Cl)S1(=O)=O. The summed E-state index contributed by atoms with van der Waals surface area (Å²) in [5, 5.41) is 7.00. The van der Waals surface area contributed by atoms with Gasteiger partial charge in [0.25, 0.3) is 15.9 Å². The van der Waals surface area contributed by atoms with Crippen molar-refractivity contribution in [2.45, 2.75) is 16.5 Å². The lowest BCUT2D eigenvalue weighted by Gasteiger charge is -2.12. The van der Waals surface area contributed by atoms with Crippen molar-refractivity contribution in [1.29, 1.82) is 5.26 Å². The topological polar surface area (TPSA) is 78.2 Å². The first-order valence-corrected chi connectivity index (χ1v) is 6.01. The Balaban J connectivity index is 2.96. The molecule has 1 rings (SSSR count). The second kappa shape index (κ2) is 3.93. The summed E-state index contributed by atoms with van der Waals surface area (Å²) in [6.45, 7) is -0.190. The number of hydrogen-bond donors (Lipinski definition) is 0. The zero-order valence-corrected chi connectivity index (χ0v) is 9.18. The van der Waals surface area contributed by atoms with Gasteiger partial charge in [-0.25, -0.2) is 12.7 Å². The molecule has 5 nitrogen and oxygen atoms in total. The van der Waals surface area contributed by atoms with E-state index in [0.29, 0.717) is 4.31 Å². The van der Waals surface area contributed by atoms with Crippen LogP contribution in [0.2, 0.25) is 0 Å². The Morgan fingerprint density at radius 1 is 1.50 bits per heavy atom. The van der Waals surface area contributed by atoms with Crippen molar-refractivity contribution < 1.29 is 13.2 Å². The van der Waals surface area contributed by atoms with Crippen LogP contribution in [0.4, 0.5) is 0 Å². The molecule has 1 heterocycles. The average Bonchev–Trinajstić information content (AvgIpc) is 2.27. The number of carbonyl (C=O) groups excluding carboxylic acids is 1. The van der Waals surface area contributed by atoms with Gasteiger partial charge in [0, 0.05) is 6.54 Å². The molecule has 1 aliphatic rings. The highest BCUT2D eigenvalue weighted by Crippen LogP contribution is 2.30. The van der Waals surface area contributed by atoms with E-state index in [9.17, 15) is 13.2 Å². The molecule has 2 atom stereocenters. The highest BCUT2D eigenvalue weighted by Gasteiger charge is 2.50. The van der Waals surface area contributed by atoms with Crippen LogP contribution in [0.3, 0.4) is 0 Å². The fourth-order valence-electron chi connectivity index (χ4n) is 1.04. The molecule has 1 fully saturated rings. The smallest absolute Gasteiger partial charge is 0.256 e. The van der Waals surface area contributed by atoms with Crippen LogP contribution in [0.15, 0.2) is 0 Å². The van der Waals surface area contributed by atoms with Gasteiger partial charge in [-0.05, 0) is 0 Å². The molecule has 1 saturated heterocycles. The molecule has 0 aliphatic carbocycles. The fourth-order valence-corrected chi connectivity index (χ4v) is 3.37. The van der Waals surface area contributed by atoms with E-state index < -0.39 is 26.0 Å². The first kappa shape index (κ1) is 11.6. The number of carbonyl (C=O) groups is 1.